The molecule has 0 N–H and O–H groups in total. The van der Waals surface area contributed by atoms with Crippen LogP contribution in [0.5, 0.6) is 0 Å². The summed E-state index contributed by atoms with van der Waals surface area (Å²) >= 11 is 0. The van der Waals surface area contributed by atoms with E-state index < -0.39 is 6.10 Å². The van der Waals surface area contributed by atoms with E-state index in [0.29, 0.717) is 19.3 Å². The first-order chi connectivity index (χ1) is 26.0. The quantitative estimate of drug-likeness (QED) is 0.0268. The largest absolute Gasteiger partial charge is 0.462 e. The van der Waals surface area contributed by atoms with E-state index in [1.165, 1.54) is 154 Å². The van der Waals surface area contributed by atoms with Gasteiger partial charge in [-0.2, -0.15) is 0 Å². The van der Waals surface area contributed by atoms with Crippen LogP contribution < -0.4 is 0 Å². The molecule has 0 fully saturated rings. The Balaban J connectivity index is 4.28. The van der Waals surface area contributed by atoms with Crippen LogP contribution in [0.1, 0.15) is 252 Å². The number of carbonyl (C=O) groups excluding carboxylic acids is 3. The highest BCUT2D eigenvalue weighted by Crippen LogP contribution is 2.15. The van der Waals surface area contributed by atoms with Crippen molar-refractivity contribution in [1.29, 1.82) is 0 Å². The molecule has 0 saturated carbocycles. The van der Waals surface area contributed by atoms with E-state index in [9.17, 15) is 14.4 Å². The Bertz CT molecular complexity index is 824. The zero-order valence-corrected chi connectivity index (χ0v) is 35.6. The van der Waals surface area contributed by atoms with Crippen LogP contribution >= 0.6 is 0 Å². The molecule has 0 aromatic heterocycles. The summed E-state index contributed by atoms with van der Waals surface area (Å²) in [6.07, 6.45) is 44.9. The molecule has 0 aliphatic rings. The maximum Gasteiger partial charge on any atom is 0.306 e. The van der Waals surface area contributed by atoms with Crippen molar-refractivity contribution < 1.29 is 28.6 Å². The highest BCUT2D eigenvalue weighted by Gasteiger charge is 2.19. The Morgan fingerprint density at radius 2 is 0.642 bits per heavy atom. The summed E-state index contributed by atoms with van der Waals surface area (Å²) in [5, 5.41) is 0. The summed E-state index contributed by atoms with van der Waals surface area (Å²) in [6, 6.07) is 0. The van der Waals surface area contributed by atoms with Gasteiger partial charge in [0.2, 0.25) is 0 Å². The molecule has 1 unspecified atom stereocenters. The summed E-state index contributed by atoms with van der Waals surface area (Å²) in [5.74, 6) is -0.904. The fraction of sp³-hybridized carbons (Fsp3) is 0.894. The molecule has 0 amide bonds. The molecule has 0 aromatic carbocycles. The number of esters is 3. The molecule has 0 aromatic rings. The third-order valence-electron chi connectivity index (χ3n) is 10.3. The summed E-state index contributed by atoms with van der Waals surface area (Å²) in [6.45, 7) is 6.58. The zero-order chi connectivity index (χ0) is 38.7. The van der Waals surface area contributed by atoms with Crippen molar-refractivity contribution in [2.75, 3.05) is 13.2 Å². The van der Waals surface area contributed by atoms with E-state index in [2.05, 4.69) is 32.9 Å². The molecule has 53 heavy (non-hydrogen) atoms. The molecule has 0 spiro atoms. The average molecular weight is 749 g/mol. The molecule has 0 heterocycles. The van der Waals surface area contributed by atoms with Gasteiger partial charge in [-0.05, 0) is 38.5 Å². The van der Waals surface area contributed by atoms with E-state index in [1.807, 2.05) is 0 Å². The summed E-state index contributed by atoms with van der Waals surface area (Å²) < 4.78 is 16.6. The molecule has 0 radical (unpaired) electrons. The zero-order valence-electron chi connectivity index (χ0n) is 35.6. The summed E-state index contributed by atoms with van der Waals surface area (Å²) in [7, 11) is 0. The van der Waals surface area contributed by atoms with E-state index in [0.717, 1.165) is 57.8 Å². The molecular weight excluding hydrogens is 661 g/mol. The van der Waals surface area contributed by atoms with Crippen LogP contribution in [-0.2, 0) is 28.6 Å². The van der Waals surface area contributed by atoms with Gasteiger partial charge >= 0.3 is 17.9 Å². The van der Waals surface area contributed by atoms with Gasteiger partial charge in [0.15, 0.2) is 6.10 Å². The normalized spacial score (nSPS) is 12.0. The van der Waals surface area contributed by atoms with Gasteiger partial charge in [-0.1, -0.05) is 206 Å². The number of rotatable bonds is 42. The van der Waals surface area contributed by atoms with Crippen LogP contribution in [0.25, 0.3) is 0 Å². The van der Waals surface area contributed by atoms with Crippen molar-refractivity contribution >= 4 is 17.9 Å². The Morgan fingerprint density at radius 3 is 1.02 bits per heavy atom. The van der Waals surface area contributed by atoms with Gasteiger partial charge in [0, 0.05) is 19.3 Å². The standard InChI is InChI=1S/C47H88O6/c1-4-7-10-13-16-19-21-22-23-24-25-26-29-31-34-37-40-46(49)52-43-44(42-51-45(48)39-36-33-30-27-18-15-12-9-6-3)53-47(50)41-38-35-32-28-20-17-14-11-8-5-2/h27,30,44H,4-26,28-29,31-43H2,1-3H3/b30-27-. The van der Waals surface area contributed by atoms with E-state index in [-0.39, 0.29) is 31.1 Å². The molecular formula is C47H88O6. The Kier molecular flexibility index (Phi) is 41.4. The fourth-order valence-electron chi connectivity index (χ4n) is 6.74. The van der Waals surface area contributed by atoms with Gasteiger partial charge in [0.1, 0.15) is 13.2 Å². The Labute approximate surface area is 329 Å². The minimum atomic E-state index is -0.771. The fourth-order valence-corrected chi connectivity index (χ4v) is 6.74. The lowest BCUT2D eigenvalue weighted by atomic mass is 10.0. The highest BCUT2D eigenvalue weighted by atomic mass is 16.6. The van der Waals surface area contributed by atoms with E-state index >= 15 is 0 Å². The van der Waals surface area contributed by atoms with Gasteiger partial charge in [-0.25, -0.2) is 0 Å². The molecule has 0 bridgehead atoms. The first kappa shape index (κ1) is 51.1. The predicted molar refractivity (Wildman–Crippen MR) is 224 cm³/mol. The van der Waals surface area contributed by atoms with Gasteiger partial charge in [0.25, 0.3) is 0 Å². The lowest BCUT2D eigenvalue weighted by Crippen LogP contribution is -2.30. The predicted octanol–water partition coefficient (Wildman–Crippen LogP) is 14.6. The molecule has 1 atom stereocenters. The SMILES string of the molecule is CCCCCC/C=C\CCCC(=O)OCC(COC(=O)CCCCCCCCCCCCCCCCCC)OC(=O)CCCCCCCCCCCC. The smallest absolute Gasteiger partial charge is 0.306 e. The molecule has 0 saturated heterocycles. The first-order valence-electron chi connectivity index (χ1n) is 23.2. The van der Waals surface area contributed by atoms with Crippen molar-refractivity contribution in [2.24, 2.45) is 0 Å². The van der Waals surface area contributed by atoms with Crippen molar-refractivity contribution in [2.45, 2.75) is 258 Å². The maximum absolute atomic E-state index is 12.7. The minimum absolute atomic E-state index is 0.0739. The molecule has 0 aliphatic carbocycles. The van der Waals surface area contributed by atoms with E-state index in [4.69, 9.17) is 14.2 Å². The van der Waals surface area contributed by atoms with Crippen molar-refractivity contribution in [1.82, 2.24) is 0 Å². The number of unbranched alkanes of at least 4 members (excludes halogenated alkanes) is 29. The molecule has 312 valence electrons. The number of carbonyl (C=O) groups is 3. The van der Waals surface area contributed by atoms with Crippen LogP contribution in [0.2, 0.25) is 0 Å². The number of hydrogen-bond acceptors (Lipinski definition) is 6. The second-order valence-electron chi connectivity index (χ2n) is 15.7. The van der Waals surface area contributed by atoms with Crippen molar-refractivity contribution in [3.63, 3.8) is 0 Å². The van der Waals surface area contributed by atoms with Crippen molar-refractivity contribution in [3.8, 4) is 0 Å². The van der Waals surface area contributed by atoms with Gasteiger partial charge < -0.3 is 14.2 Å². The Hall–Kier alpha value is -1.85. The highest BCUT2D eigenvalue weighted by molar-refractivity contribution is 5.71. The van der Waals surface area contributed by atoms with Crippen LogP contribution in [0.4, 0.5) is 0 Å². The average Bonchev–Trinajstić information content (AvgIpc) is 3.15. The van der Waals surface area contributed by atoms with Crippen LogP contribution in [0, 0.1) is 0 Å². The maximum atomic E-state index is 12.7. The number of allylic oxidation sites excluding steroid dienone is 2. The third-order valence-corrected chi connectivity index (χ3v) is 10.3. The van der Waals surface area contributed by atoms with E-state index in [1.54, 1.807) is 0 Å². The second-order valence-corrected chi connectivity index (χ2v) is 15.7. The van der Waals surface area contributed by atoms with Gasteiger partial charge in [-0.3, -0.25) is 14.4 Å². The number of ether oxygens (including phenoxy) is 3. The first-order valence-corrected chi connectivity index (χ1v) is 23.2. The lowest BCUT2D eigenvalue weighted by molar-refractivity contribution is -0.167. The van der Waals surface area contributed by atoms with Crippen LogP contribution in [-0.4, -0.2) is 37.2 Å². The topological polar surface area (TPSA) is 78.9 Å². The molecule has 0 rings (SSSR count). The van der Waals surface area contributed by atoms with Gasteiger partial charge in [-0.15, -0.1) is 0 Å². The number of hydrogen-bond donors (Lipinski definition) is 0. The second kappa shape index (κ2) is 42.9. The third kappa shape index (κ3) is 41.2. The van der Waals surface area contributed by atoms with Gasteiger partial charge in [0.05, 0.1) is 0 Å². The Morgan fingerprint density at radius 1 is 0.358 bits per heavy atom. The van der Waals surface area contributed by atoms with Crippen LogP contribution in [0.3, 0.4) is 0 Å². The minimum Gasteiger partial charge on any atom is -0.462 e. The molecule has 6 heteroatoms. The lowest BCUT2D eigenvalue weighted by Gasteiger charge is -2.18. The monoisotopic (exact) mass is 749 g/mol. The summed E-state index contributed by atoms with van der Waals surface area (Å²) in [5.41, 5.74) is 0. The molecule has 6 nitrogen and oxygen atoms in total. The van der Waals surface area contributed by atoms with Crippen molar-refractivity contribution in [3.05, 3.63) is 12.2 Å². The summed E-state index contributed by atoms with van der Waals surface area (Å²) in [4.78, 5) is 37.6. The molecule has 0 aliphatic heterocycles. The van der Waals surface area contributed by atoms with Crippen LogP contribution in [0.15, 0.2) is 12.2 Å².